The van der Waals surface area contributed by atoms with Crippen LogP contribution in [-0.4, -0.2) is 5.78 Å². The van der Waals surface area contributed by atoms with Crippen LogP contribution in [0, 0.1) is 0 Å². The van der Waals surface area contributed by atoms with Gasteiger partial charge in [-0.25, -0.2) is 0 Å². The molecule has 0 saturated heterocycles. The third-order valence-corrected chi connectivity index (χ3v) is 6.45. The second-order valence-electron chi connectivity index (χ2n) is 2.66. The van der Waals surface area contributed by atoms with Crippen molar-refractivity contribution < 1.29 is 4.79 Å². The number of rotatable bonds is 2. The average molecular weight is 387 g/mol. The highest BCUT2D eigenvalue weighted by molar-refractivity contribution is 9.13. The predicted octanol–water partition coefficient (Wildman–Crippen LogP) is 5.22. The van der Waals surface area contributed by atoms with Gasteiger partial charge in [-0.05, 0) is 44.0 Å². The lowest BCUT2D eigenvalue weighted by Gasteiger charge is -1.94. The van der Waals surface area contributed by atoms with E-state index in [0.29, 0.717) is 14.1 Å². The van der Waals surface area contributed by atoms with E-state index in [0.717, 1.165) is 8.95 Å². The lowest BCUT2D eigenvalue weighted by atomic mass is 10.3. The summed E-state index contributed by atoms with van der Waals surface area (Å²) in [6.07, 6.45) is 0. The molecule has 0 aromatic carbocycles. The van der Waals surface area contributed by atoms with Crippen LogP contribution in [0.4, 0.5) is 0 Å². The van der Waals surface area contributed by atoms with Gasteiger partial charge in [-0.1, -0.05) is 11.6 Å². The van der Waals surface area contributed by atoms with Crippen LogP contribution in [0.1, 0.15) is 14.5 Å². The summed E-state index contributed by atoms with van der Waals surface area (Å²) in [5.41, 5.74) is 0. The molecule has 0 aliphatic heterocycles. The van der Waals surface area contributed by atoms with E-state index in [2.05, 4.69) is 31.9 Å². The summed E-state index contributed by atoms with van der Waals surface area (Å²) < 4.78 is 2.34. The van der Waals surface area contributed by atoms with E-state index in [9.17, 15) is 4.79 Å². The van der Waals surface area contributed by atoms with Crippen LogP contribution in [-0.2, 0) is 0 Å². The molecular formula is C9H3Br2ClOS2. The van der Waals surface area contributed by atoms with E-state index in [4.69, 9.17) is 11.6 Å². The molecule has 0 unspecified atom stereocenters. The monoisotopic (exact) mass is 384 g/mol. The van der Waals surface area contributed by atoms with Crippen molar-refractivity contribution in [2.75, 3.05) is 0 Å². The van der Waals surface area contributed by atoms with Crippen LogP contribution in [0.15, 0.2) is 26.5 Å². The maximum absolute atomic E-state index is 12.0. The van der Waals surface area contributed by atoms with Gasteiger partial charge in [0.2, 0.25) is 5.78 Å². The number of carbonyl (C=O) groups excluding carboxylic acids is 1. The molecule has 6 heteroatoms. The summed E-state index contributed by atoms with van der Waals surface area (Å²) in [5, 5.41) is 1.88. The van der Waals surface area contributed by atoms with Crippen LogP contribution >= 0.6 is 66.1 Å². The fraction of sp³-hybridized carbons (Fsp3) is 0. The first-order chi connectivity index (χ1) is 7.09. The number of hydrogen-bond donors (Lipinski definition) is 0. The molecule has 0 N–H and O–H groups in total. The van der Waals surface area contributed by atoms with E-state index in [1.807, 2.05) is 5.38 Å². The normalized spacial score (nSPS) is 10.6. The first-order valence-corrected chi connectivity index (χ1v) is 7.48. The molecule has 2 aromatic heterocycles. The minimum Gasteiger partial charge on any atom is -0.287 e. The highest BCUT2D eigenvalue weighted by atomic mass is 79.9. The topological polar surface area (TPSA) is 17.1 Å². The molecule has 78 valence electrons. The van der Waals surface area contributed by atoms with Crippen molar-refractivity contribution in [1.29, 1.82) is 0 Å². The Morgan fingerprint density at radius 2 is 2.07 bits per heavy atom. The van der Waals surface area contributed by atoms with Crippen molar-refractivity contribution in [2.45, 2.75) is 0 Å². The second-order valence-corrected chi connectivity index (χ2v) is 6.90. The first kappa shape index (κ1) is 11.8. The smallest absolute Gasteiger partial charge is 0.214 e. The Morgan fingerprint density at radius 3 is 2.53 bits per heavy atom. The zero-order valence-electron chi connectivity index (χ0n) is 7.09. The van der Waals surface area contributed by atoms with Crippen LogP contribution in [0.3, 0.4) is 0 Å². The molecule has 0 saturated carbocycles. The van der Waals surface area contributed by atoms with Gasteiger partial charge < -0.3 is 0 Å². The predicted molar refractivity (Wildman–Crippen MR) is 72.5 cm³/mol. The van der Waals surface area contributed by atoms with Gasteiger partial charge in [-0.3, -0.25) is 4.79 Å². The minimum absolute atomic E-state index is 0.00877. The molecule has 0 radical (unpaired) electrons. The van der Waals surface area contributed by atoms with Gasteiger partial charge in [0, 0.05) is 9.85 Å². The third kappa shape index (κ3) is 2.36. The van der Waals surface area contributed by atoms with Crippen LogP contribution < -0.4 is 0 Å². The number of thiophene rings is 2. The molecule has 0 aliphatic rings. The maximum Gasteiger partial charge on any atom is 0.214 e. The average Bonchev–Trinajstić information content (AvgIpc) is 2.75. The summed E-state index contributed by atoms with van der Waals surface area (Å²) in [5.74, 6) is 0.00877. The van der Waals surface area contributed by atoms with Crippen LogP contribution in [0.2, 0.25) is 4.34 Å². The van der Waals surface area contributed by atoms with Crippen molar-refractivity contribution >= 4 is 71.9 Å². The van der Waals surface area contributed by atoms with Crippen molar-refractivity contribution in [1.82, 2.24) is 0 Å². The summed E-state index contributed by atoms with van der Waals surface area (Å²) in [4.78, 5) is 13.4. The van der Waals surface area contributed by atoms with E-state index in [1.54, 1.807) is 12.1 Å². The molecule has 15 heavy (non-hydrogen) atoms. The zero-order chi connectivity index (χ0) is 11.0. The van der Waals surface area contributed by atoms with Gasteiger partial charge >= 0.3 is 0 Å². The summed E-state index contributed by atoms with van der Waals surface area (Å²) >= 11 is 15.2. The summed E-state index contributed by atoms with van der Waals surface area (Å²) in [6, 6.07) is 3.48. The minimum atomic E-state index is 0.00877. The Labute approximate surface area is 116 Å². The van der Waals surface area contributed by atoms with Crippen molar-refractivity contribution in [3.63, 3.8) is 0 Å². The lowest BCUT2D eigenvalue weighted by molar-refractivity contribution is 0.104. The summed E-state index contributed by atoms with van der Waals surface area (Å²) in [6.45, 7) is 0. The third-order valence-electron chi connectivity index (χ3n) is 1.69. The Kier molecular flexibility index (Phi) is 3.67. The second kappa shape index (κ2) is 4.67. The largest absolute Gasteiger partial charge is 0.287 e. The van der Waals surface area contributed by atoms with Gasteiger partial charge in [0.15, 0.2) is 0 Å². The number of hydrogen-bond acceptors (Lipinski definition) is 3. The quantitative estimate of drug-likeness (QED) is 0.647. The molecule has 0 bridgehead atoms. The van der Waals surface area contributed by atoms with E-state index < -0.39 is 0 Å². The fourth-order valence-corrected chi connectivity index (χ4v) is 4.18. The van der Waals surface area contributed by atoms with Gasteiger partial charge in [0.05, 0.1) is 18.6 Å². The molecule has 2 rings (SSSR count). The Morgan fingerprint density at radius 1 is 1.33 bits per heavy atom. The van der Waals surface area contributed by atoms with Crippen molar-refractivity contribution in [2.24, 2.45) is 0 Å². The van der Waals surface area contributed by atoms with Crippen molar-refractivity contribution in [3.8, 4) is 0 Å². The fourth-order valence-electron chi connectivity index (χ4n) is 1.02. The lowest BCUT2D eigenvalue weighted by Crippen LogP contribution is -1.95. The zero-order valence-corrected chi connectivity index (χ0v) is 12.7. The number of carbonyl (C=O) groups is 1. The Hall–Kier alpha value is 0.320. The van der Waals surface area contributed by atoms with E-state index in [1.165, 1.54) is 22.7 Å². The van der Waals surface area contributed by atoms with Gasteiger partial charge in [-0.2, -0.15) is 0 Å². The van der Waals surface area contributed by atoms with Crippen LogP contribution in [0.25, 0.3) is 0 Å². The van der Waals surface area contributed by atoms with Gasteiger partial charge in [0.1, 0.15) is 0 Å². The highest BCUT2D eigenvalue weighted by Crippen LogP contribution is 2.35. The van der Waals surface area contributed by atoms with Gasteiger partial charge in [-0.15, -0.1) is 22.7 Å². The molecule has 2 aromatic rings. The first-order valence-electron chi connectivity index (χ1n) is 3.82. The molecule has 0 spiro atoms. The highest BCUT2D eigenvalue weighted by Gasteiger charge is 2.18. The molecule has 0 fully saturated rings. The standard InChI is InChI=1S/C9H3Br2ClOS2/c10-4-3-14-9(7(4)11)8(13)5-1-2-6(12)15-5/h1-3H. The molecule has 2 heterocycles. The molecule has 0 atom stereocenters. The van der Waals surface area contributed by atoms with Crippen LogP contribution in [0.5, 0.6) is 0 Å². The van der Waals surface area contributed by atoms with Crippen molar-refractivity contribution in [3.05, 3.63) is 40.5 Å². The SMILES string of the molecule is O=C(c1ccc(Cl)s1)c1scc(Br)c1Br. The maximum atomic E-state index is 12.0. The Bertz CT molecular complexity index is 518. The van der Waals surface area contributed by atoms with Gasteiger partial charge in [0.25, 0.3) is 0 Å². The molecule has 1 nitrogen and oxygen atoms in total. The molecule has 0 aliphatic carbocycles. The van der Waals surface area contributed by atoms with E-state index >= 15 is 0 Å². The molecular weight excluding hydrogens is 383 g/mol. The Balaban J connectivity index is 2.41. The molecule has 0 amide bonds. The summed E-state index contributed by atoms with van der Waals surface area (Å²) in [7, 11) is 0. The number of ketones is 1. The van der Waals surface area contributed by atoms with E-state index in [-0.39, 0.29) is 5.78 Å². The number of halogens is 3.